The Morgan fingerprint density at radius 2 is 0.629 bits per heavy atom. The Kier molecular flexibility index (Phi) is 22.9. The van der Waals surface area contributed by atoms with E-state index in [1.807, 2.05) is 72.8 Å². The molecule has 4 aliphatic heterocycles. The lowest BCUT2D eigenvalue weighted by Gasteiger charge is -2.34. The van der Waals surface area contributed by atoms with E-state index in [4.69, 9.17) is 15.8 Å². The molecule has 0 saturated carbocycles. The van der Waals surface area contributed by atoms with Crippen LogP contribution in [0.1, 0.15) is 140 Å². The zero-order valence-electron chi connectivity index (χ0n) is 63.2. The molecule has 0 spiro atoms. The van der Waals surface area contributed by atoms with Crippen molar-refractivity contribution in [3.63, 3.8) is 0 Å². The molecule has 4 heterocycles. The molecule has 105 heavy (non-hydrogen) atoms. The van der Waals surface area contributed by atoms with E-state index in [-0.39, 0.29) is 24.7 Å². The summed E-state index contributed by atoms with van der Waals surface area (Å²) in [5.74, 6) is 0.926. The summed E-state index contributed by atoms with van der Waals surface area (Å²) >= 11 is 0. The predicted molar refractivity (Wildman–Crippen MR) is 437 cm³/mol. The van der Waals surface area contributed by atoms with Gasteiger partial charge in [0.15, 0.2) is 0 Å². The van der Waals surface area contributed by atoms with E-state index in [0.717, 1.165) is 39.4 Å². The molecule has 526 valence electrons. The van der Waals surface area contributed by atoms with E-state index in [9.17, 15) is 5.26 Å². The van der Waals surface area contributed by atoms with Gasteiger partial charge >= 0.3 is 0 Å². The van der Waals surface area contributed by atoms with Gasteiger partial charge in [-0.1, -0.05) is 161 Å². The summed E-state index contributed by atoms with van der Waals surface area (Å²) in [7, 11) is 0. The standard InChI is InChI=1S/C30H25N3.C24H29N3.C20H21N3.C19H19N3/c1-22-20-24(21-31)16-17-29(22)32-18-19-33(23(32)2)30-27(25-10-5-3-6-11-25)14-9-15-28(30)26-12-7-4-8-13-26;1-16(2)21-8-7-9-22(17(3)4)24(21)27-13-12-26(19(27)6)23-11-10-20(15-25)14-18(23)5;1-14-6-5-7-15(2)20(14)23-11-10-22(17(23)4)19-9-8-18(13-21)12-16(19)3;1-14-7-8-15(2)19(11-14)22-10-9-21(16(22)3)18-6-4-5-17(12-18)13-20/h3-20,23H,1-2H3;7-14,16-17,19H,1-6H3;5-12,17H,1-4H3;4-12,16H,1-3H3/t23-;19-;17-;16-/m0001/s1. The number of hydrogen-bond donors (Lipinski definition) is 0. The Morgan fingerprint density at radius 3 is 1.05 bits per heavy atom. The van der Waals surface area contributed by atoms with Gasteiger partial charge in [0.1, 0.15) is 24.7 Å². The number of aryl methyl sites for hydroxylation is 7. The molecule has 0 N–H and O–H groups in total. The van der Waals surface area contributed by atoms with Crippen LogP contribution in [0.2, 0.25) is 0 Å². The fraction of sp³-hybridized carbons (Fsp3) is 0.226. The average molecular weight is 1380 g/mol. The van der Waals surface area contributed by atoms with E-state index < -0.39 is 0 Å². The Hall–Kier alpha value is -12.5. The third-order valence-corrected chi connectivity index (χ3v) is 20.3. The van der Waals surface area contributed by atoms with Crippen molar-refractivity contribution in [1.82, 2.24) is 0 Å². The minimum absolute atomic E-state index is 0.0731. The first kappa shape index (κ1) is 73.7. The van der Waals surface area contributed by atoms with Crippen LogP contribution >= 0.6 is 0 Å². The zero-order valence-corrected chi connectivity index (χ0v) is 63.2. The highest BCUT2D eigenvalue weighted by molar-refractivity contribution is 5.93. The number of anilines is 8. The highest BCUT2D eigenvalue weighted by Gasteiger charge is 2.33. The molecular formula is C93H94N12. The molecule has 0 fully saturated rings. The molecule has 0 aliphatic carbocycles. The van der Waals surface area contributed by atoms with Crippen molar-refractivity contribution in [2.45, 2.75) is 140 Å². The second-order valence-corrected chi connectivity index (χ2v) is 28.0. The highest BCUT2D eigenvalue weighted by atomic mass is 15.4. The summed E-state index contributed by atoms with van der Waals surface area (Å²) in [6, 6.07) is 81.5. The monoisotopic (exact) mass is 1380 g/mol. The lowest BCUT2D eigenvalue weighted by molar-refractivity contribution is 0.727. The molecule has 4 atom stereocenters. The Morgan fingerprint density at radius 1 is 0.276 bits per heavy atom. The van der Waals surface area contributed by atoms with Gasteiger partial charge in [0, 0.05) is 101 Å². The zero-order chi connectivity index (χ0) is 74.8. The molecule has 12 nitrogen and oxygen atoms in total. The summed E-state index contributed by atoms with van der Waals surface area (Å²) in [5.41, 5.74) is 28.2. The van der Waals surface area contributed by atoms with E-state index >= 15 is 0 Å². The lowest BCUT2D eigenvalue weighted by atomic mass is 9.92. The molecule has 0 radical (unpaired) electrons. The first-order valence-electron chi connectivity index (χ1n) is 36.2. The first-order chi connectivity index (χ1) is 50.6. The fourth-order valence-corrected chi connectivity index (χ4v) is 14.6. The molecule has 0 saturated heterocycles. The minimum Gasteiger partial charge on any atom is -0.326 e. The molecule has 14 rings (SSSR count). The summed E-state index contributed by atoms with van der Waals surface area (Å²) in [6.45, 7) is 32.6. The minimum atomic E-state index is 0.0731. The normalized spacial score (nSPS) is 16.2. The van der Waals surface area contributed by atoms with Crippen molar-refractivity contribution in [1.29, 1.82) is 21.0 Å². The van der Waals surface area contributed by atoms with Gasteiger partial charge < -0.3 is 39.2 Å². The lowest BCUT2D eigenvalue weighted by Crippen LogP contribution is -2.37. The maximum absolute atomic E-state index is 9.25. The van der Waals surface area contributed by atoms with Crippen molar-refractivity contribution in [2.75, 3.05) is 39.2 Å². The molecule has 0 amide bonds. The van der Waals surface area contributed by atoms with Crippen molar-refractivity contribution in [3.8, 4) is 46.5 Å². The topological polar surface area (TPSA) is 121 Å². The van der Waals surface area contributed by atoms with Crippen LogP contribution in [0.3, 0.4) is 0 Å². The van der Waals surface area contributed by atoms with Crippen LogP contribution in [0.25, 0.3) is 22.3 Å². The molecular weight excluding hydrogens is 1290 g/mol. The number of hydrogen-bond acceptors (Lipinski definition) is 12. The van der Waals surface area contributed by atoms with E-state index in [1.165, 1.54) is 78.4 Å². The number of nitriles is 4. The predicted octanol–water partition coefficient (Wildman–Crippen LogP) is 22.5. The van der Waals surface area contributed by atoms with Crippen LogP contribution in [0.5, 0.6) is 0 Å². The van der Waals surface area contributed by atoms with E-state index in [0.29, 0.717) is 34.1 Å². The van der Waals surface area contributed by atoms with Crippen LogP contribution in [0.4, 0.5) is 45.5 Å². The smallest absolute Gasteiger partial charge is 0.107 e. The second-order valence-electron chi connectivity index (χ2n) is 28.0. The van der Waals surface area contributed by atoms with Crippen molar-refractivity contribution < 1.29 is 0 Å². The molecule has 0 bridgehead atoms. The Labute approximate surface area is 623 Å². The maximum Gasteiger partial charge on any atom is 0.107 e. The van der Waals surface area contributed by atoms with Crippen molar-refractivity contribution in [3.05, 3.63) is 334 Å². The Balaban J connectivity index is 0.000000142. The van der Waals surface area contributed by atoms with E-state index in [1.54, 1.807) is 0 Å². The number of para-hydroxylation sites is 3. The SMILES string of the molecule is Cc1cc(C#N)ccc1N1C=CN(c2c(-c3ccccc3)cccc2-c2ccccc2)[C@H]1C.Cc1cc(C#N)ccc1N1C=CN(c2c(C(C)C)cccc2C(C)C)[C@H]1C.Cc1cc(C#N)ccc1N1C=CN(c2c(C)cccc2C)[C@H]1C.Cc1ccc(C)c(N2C=CN(c3cccc(C#N)c3)[C@H]2C)c1. The van der Waals surface area contributed by atoms with Crippen LogP contribution in [-0.2, 0) is 0 Å². The van der Waals surface area contributed by atoms with Gasteiger partial charge in [-0.25, -0.2) is 0 Å². The van der Waals surface area contributed by atoms with Gasteiger partial charge in [0.25, 0.3) is 0 Å². The third-order valence-electron chi connectivity index (χ3n) is 20.3. The summed E-state index contributed by atoms with van der Waals surface area (Å²) in [5, 5.41) is 36.5. The molecule has 12 heteroatoms. The van der Waals surface area contributed by atoms with Crippen LogP contribution < -0.4 is 39.2 Å². The van der Waals surface area contributed by atoms with Gasteiger partial charge in [-0.05, 0) is 228 Å². The molecule has 10 aromatic rings. The summed E-state index contributed by atoms with van der Waals surface area (Å²) in [6.07, 6.45) is 17.7. The molecule has 4 aliphatic rings. The largest absolute Gasteiger partial charge is 0.326 e. The van der Waals surface area contributed by atoms with Crippen molar-refractivity contribution in [2.24, 2.45) is 0 Å². The van der Waals surface area contributed by atoms with Gasteiger partial charge in [0.05, 0.1) is 52.2 Å². The molecule has 10 aromatic carbocycles. The first-order valence-corrected chi connectivity index (χ1v) is 36.2. The quantitative estimate of drug-likeness (QED) is 0.116. The van der Waals surface area contributed by atoms with Gasteiger partial charge in [-0.15, -0.1) is 0 Å². The number of rotatable bonds is 12. The fourth-order valence-electron chi connectivity index (χ4n) is 14.6. The second kappa shape index (κ2) is 32.7. The van der Waals surface area contributed by atoms with Crippen LogP contribution in [0.15, 0.2) is 262 Å². The van der Waals surface area contributed by atoms with E-state index in [2.05, 4.69) is 356 Å². The Bertz CT molecular complexity index is 4990. The van der Waals surface area contributed by atoms with Crippen LogP contribution in [-0.4, -0.2) is 24.7 Å². The summed E-state index contributed by atoms with van der Waals surface area (Å²) < 4.78 is 0. The highest BCUT2D eigenvalue weighted by Crippen LogP contribution is 2.45. The number of nitrogens with zero attached hydrogens (tertiary/aromatic N) is 12. The maximum atomic E-state index is 9.25. The third kappa shape index (κ3) is 15.8. The van der Waals surface area contributed by atoms with Crippen LogP contribution in [0, 0.1) is 93.8 Å². The molecule has 0 aromatic heterocycles. The molecule has 0 unspecified atom stereocenters. The van der Waals surface area contributed by atoms with Crippen molar-refractivity contribution >= 4 is 45.5 Å². The van der Waals surface area contributed by atoms with Gasteiger partial charge in [0.2, 0.25) is 0 Å². The van der Waals surface area contributed by atoms with Gasteiger partial charge in [-0.3, -0.25) is 0 Å². The van der Waals surface area contributed by atoms with Gasteiger partial charge in [-0.2, -0.15) is 21.0 Å². The number of benzene rings is 10. The average Bonchev–Trinajstić information content (AvgIpc) is 1.67. The summed E-state index contributed by atoms with van der Waals surface area (Å²) in [4.78, 5) is 18.3.